The van der Waals surface area contributed by atoms with Gasteiger partial charge in [0.05, 0.1) is 11.8 Å². The summed E-state index contributed by atoms with van der Waals surface area (Å²) in [5, 5.41) is 2.83. The molecule has 1 aromatic carbocycles. The van der Waals surface area contributed by atoms with Gasteiger partial charge in [0.15, 0.2) is 5.76 Å². The molecule has 0 saturated carbocycles. The van der Waals surface area contributed by atoms with Crippen molar-refractivity contribution < 1.29 is 14.0 Å². The number of hydrogen-bond acceptors (Lipinski definition) is 6. The maximum absolute atomic E-state index is 12.4. The van der Waals surface area contributed by atoms with E-state index in [-0.39, 0.29) is 11.8 Å². The van der Waals surface area contributed by atoms with Gasteiger partial charge in [0.1, 0.15) is 0 Å². The first-order valence-corrected chi connectivity index (χ1v) is 9.38. The van der Waals surface area contributed by atoms with E-state index >= 15 is 0 Å². The van der Waals surface area contributed by atoms with Crippen molar-refractivity contribution in [3.8, 4) is 0 Å². The van der Waals surface area contributed by atoms with Gasteiger partial charge in [-0.3, -0.25) is 9.59 Å². The average molecular weight is 391 g/mol. The lowest BCUT2D eigenvalue weighted by atomic mass is 10.2. The molecule has 2 amide bonds. The molecule has 1 N–H and O–H groups in total. The summed E-state index contributed by atoms with van der Waals surface area (Å²) in [6.07, 6.45) is 4.53. The molecule has 1 aliphatic rings. The second kappa shape index (κ2) is 8.14. The van der Waals surface area contributed by atoms with Gasteiger partial charge in [-0.15, -0.1) is 0 Å². The van der Waals surface area contributed by atoms with Crippen LogP contribution in [0.25, 0.3) is 0 Å². The normalized spacial score (nSPS) is 14.0. The van der Waals surface area contributed by atoms with E-state index < -0.39 is 0 Å². The molecule has 0 spiro atoms. The van der Waals surface area contributed by atoms with E-state index in [9.17, 15) is 9.59 Å². The highest BCUT2D eigenvalue weighted by Gasteiger charge is 2.25. The summed E-state index contributed by atoms with van der Waals surface area (Å²) in [5.74, 6) is 0.522. The van der Waals surface area contributed by atoms with Crippen LogP contribution in [-0.4, -0.2) is 52.9 Å². The van der Waals surface area contributed by atoms with Gasteiger partial charge in [-0.1, -0.05) is 17.7 Å². The van der Waals surface area contributed by atoms with Crippen LogP contribution in [0, 0.1) is 6.92 Å². The number of piperazine rings is 1. The van der Waals surface area contributed by atoms with Gasteiger partial charge in [-0.05, 0) is 31.2 Å². The zero-order valence-electron chi connectivity index (χ0n) is 16.0. The van der Waals surface area contributed by atoms with Gasteiger partial charge < -0.3 is 19.5 Å². The lowest BCUT2D eigenvalue weighted by molar-refractivity contribution is 0.0714. The van der Waals surface area contributed by atoms with E-state index in [1.165, 1.54) is 18.7 Å². The molecule has 2 aromatic heterocycles. The summed E-state index contributed by atoms with van der Waals surface area (Å²) in [4.78, 5) is 37.1. The van der Waals surface area contributed by atoms with Crippen LogP contribution in [0.4, 0.5) is 11.6 Å². The molecule has 3 aromatic rings. The summed E-state index contributed by atoms with van der Waals surface area (Å²) < 4.78 is 5.18. The van der Waals surface area contributed by atoms with Crippen LogP contribution in [0.3, 0.4) is 0 Å². The number of aryl methyl sites for hydroxylation is 1. The molecule has 4 rings (SSSR count). The molecular weight excluding hydrogens is 370 g/mol. The number of hydrogen-bond donors (Lipinski definition) is 1. The predicted molar refractivity (Wildman–Crippen MR) is 108 cm³/mol. The van der Waals surface area contributed by atoms with E-state index in [2.05, 4.69) is 15.3 Å². The van der Waals surface area contributed by atoms with Crippen LogP contribution in [0.2, 0.25) is 0 Å². The van der Waals surface area contributed by atoms with E-state index in [0.717, 1.165) is 11.3 Å². The van der Waals surface area contributed by atoms with Gasteiger partial charge in [-0.25, -0.2) is 9.97 Å². The Morgan fingerprint density at radius 2 is 1.69 bits per heavy atom. The van der Waals surface area contributed by atoms with Gasteiger partial charge in [0.25, 0.3) is 11.8 Å². The van der Waals surface area contributed by atoms with Crippen LogP contribution >= 0.6 is 0 Å². The third-order valence-corrected chi connectivity index (χ3v) is 4.79. The third-order valence-electron chi connectivity index (χ3n) is 4.79. The molecule has 1 aliphatic heterocycles. The fourth-order valence-electron chi connectivity index (χ4n) is 3.11. The highest BCUT2D eigenvalue weighted by Crippen LogP contribution is 2.15. The number of aromatic nitrogens is 2. The number of anilines is 2. The molecule has 0 radical (unpaired) electrons. The second-order valence-electron chi connectivity index (χ2n) is 6.85. The summed E-state index contributed by atoms with van der Waals surface area (Å²) in [6, 6.07) is 10.9. The zero-order valence-corrected chi connectivity index (χ0v) is 16.0. The van der Waals surface area contributed by atoms with Crippen molar-refractivity contribution in [3.63, 3.8) is 0 Å². The van der Waals surface area contributed by atoms with Crippen LogP contribution in [0.5, 0.6) is 0 Å². The van der Waals surface area contributed by atoms with Crippen molar-refractivity contribution in [3.05, 3.63) is 71.9 Å². The van der Waals surface area contributed by atoms with Gasteiger partial charge in [0.2, 0.25) is 5.95 Å². The molecule has 3 heterocycles. The molecule has 0 aliphatic carbocycles. The maximum Gasteiger partial charge on any atom is 0.289 e. The third kappa shape index (κ3) is 4.26. The topological polar surface area (TPSA) is 91.6 Å². The zero-order chi connectivity index (χ0) is 20.2. The first kappa shape index (κ1) is 18.7. The Balaban J connectivity index is 1.34. The molecular formula is C21H21N5O3. The Hall–Kier alpha value is -3.68. The molecule has 29 heavy (non-hydrogen) atoms. The van der Waals surface area contributed by atoms with Crippen molar-refractivity contribution in [1.29, 1.82) is 0 Å². The number of carbonyl (C=O) groups excluding carboxylic acids is 2. The van der Waals surface area contributed by atoms with Crippen molar-refractivity contribution in [2.24, 2.45) is 0 Å². The summed E-state index contributed by atoms with van der Waals surface area (Å²) in [6.45, 7) is 4.32. The van der Waals surface area contributed by atoms with Crippen LogP contribution in [0.15, 0.2) is 59.5 Å². The highest BCUT2D eigenvalue weighted by atomic mass is 16.3. The molecule has 148 valence electrons. The largest absolute Gasteiger partial charge is 0.459 e. The fraction of sp³-hybridized carbons (Fsp3) is 0.238. The average Bonchev–Trinajstić information content (AvgIpc) is 3.30. The first-order valence-electron chi connectivity index (χ1n) is 9.38. The van der Waals surface area contributed by atoms with Gasteiger partial charge >= 0.3 is 0 Å². The molecule has 0 unspecified atom stereocenters. The van der Waals surface area contributed by atoms with Crippen molar-refractivity contribution in [2.45, 2.75) is 6.92 Å². The highest BCUT2D eigenvalue weighted by molar-refractivity contribution is 6.03. The first-order chi connectivity index (χ1) is 14.1. The Labute approximate surface area is 168 Å². The number of amides is 2. The van der Waals surface area contributed by atoms with Gasteiger partial charge in [0, 0.05) is 44.3 Å². The number of rotatable bonds is 4. The van der Waals surface area contributed by atoms with E-state index in [0.29, 0.717) is 43.5 Å². The van der Waals surface area contributed by atoms with Crippen LogP contribution < -0.4 is 10.2 Å². The quantitative estimate of drug-likeness (QED) is 0.735. The molecule has 0 atom stereocenters. The minimum Gasteiger partial charge on any atom is -0.459 e. The Morgan fingerprint density at radius 1 is 1.00 bits per heavy atom. The molecule has 8 heteroatoms. The van der Waals surface area contributed by atoms with Crippen LogP contribution in [-0.2, 0) is 0 Å². The monoisotopic (exact) mass is 391 g/mol. The number of nitrogens with one attached hydrogen (secondary N) is 1. The van der Waals surface area contributed by atoms with Crippen molar-refractivity contribution in [2.75, 3.05) is 36.4 Å². The summed E-state index contributed by atoms with van der Waals surface area (Å²) in [7, 11) is 0. The summed E-state index contributed by atoms with van der Waals surface area (Å²) in [5.41, 5.74) is 2.24. The molecule has 1 saturated heterocycles. The maximum atomic E-state index is 12.4. The lowest BCUT2D eigenvalue weighted by Gasteiger charge is -2.34. The minimum absolute atomic E-state index is 0.112. The number of benzene rings is 1. The number of nitrogens with zero attached hydrogens (tertiary/aromatic N) is 4. The lowest BCUT2D eigenvalue weighted by Crippen LogP contribution is -2.49. The number of carbonyl (C=O) groups is 2. The van der Waals surface area contributed by atoms with Crippen molar-refractivity contribution in [1.82, 2.24) is 14.9 Å². The van der Waals surface area contributed by atoms with Crippen molar-refractivity contribution >= 4 is 23.5 Å². The van der Waals surface area contributed by atoms with E-state index in [1.54, 1.807) is 17.0 Å². The van der Waals surface area contributed by atoms with E-state index in [4.69, 9.17) is 4.42 Å². The van der Waals surface area contributed by atoms with Crippen LogP contribution in [0.1, 0.15) is 26.5 Å². The minimum atomic E-state index is -0.255. The Morgan fingerprint density at radius 3 is 2.31 bits per heavy atom. The standard InChI is InChI=1S/C21H21N5O3/c1-15-4-6-17(7-5-15)24-19(27)16-13-22-21(23-14-16)26-10-8-25(9-11-26)20(28)18-3-2-12-29-18/h2-7,12-14H,8-11H2,1H3,(H,24,27). The Kier molecular flexibility index (Phi) is 5.24. The number of furan rings is 1. The summed E-state index contributed by atoms with van der Waals surface area (Å²) >= 11 is 0. The SMILES string of the molecule is Cc1ccc(NC(=O)c2cnc(N3CCN(C(=O)c4ccco4)CC3)nc2)cc1. The second-order valence-corrected chi connectivity index (χ2v) is 6.85. The molecule has 0 bridgehead atoms. The fourth-order valence-corrected chi connectivity index (χ4v) is 3.11. The molecule has 8 nitrogen and oxygen atoms in total. The Bertz CT molecular complexity index is 976. The van der Waals surface area contributed by atoms with E-state index in [1.807, 2.05) is 36.1 Å². The van der Waals surface area contributed by atoms with Gasteiger partial charge in [-0.2, -0.15) is 0 Å². The smallest absolute Gasteiger partial charge is 0.289 e. The predicted octanol–water partition coefficient (Wildman–Crippen LogP) is 2.59. The molecule has 1 fully saturated rings.